The Morgan fingerprint density at radius 2 is 1.88 bits per heavy atom. The molecular weight excluding hydrogens is 535 g/mol. The number of nitrogens with one attached hydrogen (secondary N) is 3. The highest BCUT2D eigenvalue weighted by Gasteiger charge is 2.18. The Bertz CT molecular complexity index is 1910. The molecule has 1 amide bonds. The van der Waals surface area contributed by atoms with Gasteiger partial charge in [0.1, 0.15) is 23.7 Å². The van der Waals surface area contributed by atoms with Crippen LogP contribution in [0.3, 0.4) is 0 Å². The molecule has 0 aliphatic rings. The third kappa shape index (κ3) is 5.54. The van der Waals surface area contributed by atoms with Crippen LogP contribution in [0.15, 0.2) is 67.0 Å². The van der Waals surface area contributed by atoms with E-state index < -0.39 is 0 Å². The normalized spacial score (nSPS) is 11.5. The third-order valence-electron chi connectivity index (χ3n) is 6.77. The van der Waals surface area contributed by atoms with Crippen LogP contribution in [0.2, 0.25) is 0 Å². The summed E-state index contributed by atoms with van der Waals surface area (Å²) in [4.78, 5) is 31.2. The second-order valence-corrected chi connectivity index (χ2v) is 10.1. The van der Waals surface area contributed by atoms with Crippen molar-refractivity contribution in [1.82, 2.24) is 35.0 Å². The monoisotopic (exact) mass is 564 g/mol. The van der Waals surface area contributed by atoms with Gasteiger partial charge >= 0.3 is 0 Å². The fourth-order valence-electron chi connectivity index (χ4n) is 4.65. The first-order valence-corrected chi connectivity index (χ1v) is 13.6. The Balaban J connectivity index is 1.36. The van der Waals surface area contributed by atoms with Crippen molar-refractivity contribution in [2.75, 3.05) is 32.6 Å². The van der Waals surface area contributed by atoms with Crippen molar-refractivity contribution in [3.8, 4) is 39.7 Å². The number of para-hydroxylation sites is 1. The number of ether oxygens (including phenoxy) is 1. The van der Waals surface area contributed by atoms with Crippen LogP contribution in [0.25, 0.3) is 56.0 Å². The summed E-state index contributed by atoms with van der Waals surface area (Å²) in [7, 11) is 3.91. The zero-order valence-corrected chi connectivity index (χ0v) is 23.4. The van der Waals surface area contributed by atoms with Gasteiger partial charge in [-0.2, -0.15) is 5.10 Å². The van der Waals surface area contributed by atoms with Crippen molar-refractivity contribution in [2.24, 2.45) is 0 Å². The van der Waals surface area contributed by atoms with E-state index >= 15 is 0 Å². The van der Waals surface area contributed by atoms with Gasteiger partial charge in [-0.1, -0.05) is 19.1 Å². The molecule has 0 aliphatic heterocycles. The Kier molecular flexibility index (Phi) is 7.32. The van der Waals surface area contributed by atoms with Crippen LogP contribution in [0.1, 0.15) is 13.3 Å². The number of anilines is 1. The third-order valence-corrected chi connectivity index (χ3v) is 6.77. The smallest absolute Gasteiger partial charge is 0.224 e. The number of carbonyl (C=O) groups is 1. The fourth-order valence-corrected chi connectivity index (χ4v) is 4.65. The summed E-state index contributed by atoms with van der Waals surface area (Å²) >= 11 is 0. The van der Waals surface area contributed by atoms with Gasteiger partial charge in [-0.05, 0) is 56.1 Å². The van der Waals surface area contributed by atoms with Crippen LogP contribution in [0.5, 0.6) is 5.75 Å². The van der Waals surface area contributed by atoms with E-state index in [1.165, 1.54) is 12.1 Å². The Hall–Kier alpha value is -5.16. The number of nitrogens with zero attached hydrogens (tertiary/aromatic N) is 5. The SMILES string of the molecule is CCC(=O)Nc1cncc(-c2ccc3[nH]nc(-c4nc5c(-c6cc(F)cc(OCCN(C)C)c6)cccc5[nH]4)c3n2)c1. The van der Waals surface area contributed by atoms with E-state index in [0.717, 1.165) is 28.7 Å². The van der Waals surface area contributed by atoms with Gasteiger partial charge in [0.2, 0.25) is 5.91 Å². The molecule has 10 nitrogen and oxygen atoms in total. The maximum Gasteiger partial charge on any atom is 0.224 e. The number of hydrogen-bond acceptors (Lipinski definition) is 7. The number of aromatic nitrogens is 6. The topological polar surface area (TPSA) is 125 Å². The molecule has 0 unspecified atom stereocenters. The highest BCUT2D eigenvalue weighted by atomic mass is 19.1. The number of aromatic amines is 2. The second-order valence-electron chi connectivity index (χ2n) is 10.1. The van der Waals surface area contributed by atoms with Gasteiger partial charge in [0.15, 0.2) is 11.5 Å². The quantitative estimate of drug-likeness (QED) is 0.207. The summed E-state index contributed by atoms with van der Waals surface area (Å²) in [6.45, 7) is 2.96. The van der Waals surface area contributed by atoms with Gasteiger partial charge in [-0.15, -0.1) is 0 Å². The van der Waals surface area contributed by atoms with Gasteiger partial charge in [-0.25, -0.2) is 14.4 Å². The number of H-pyrrole nitrogens is 2. The molecule has 6 aromatic rings. The molecule has 6 rings (SSSR count). The highest BCUT2D eigenvalue weighted by molar-refractivity contribution is 5.96. The van der Waals surface area contributed by atoms with Crippen LogP contribution in [-0.2, 0) is 4.79 Å². The molecular formula is C31H29FN8O2. The number of likely N-dealkylation sites (N-methyl/N-ethyl adjacent to an activating group) is 1. The number of hydrogen-bond donors (Lipinski definition) is 3. The van der Waals surface area contributed by atoms with Crippen molar-refractivity contribution in [1.29, 1.82) is 0 Å². The van der Waals surface area contributed by atoms with Gasteiger partial charge in [0.25, 0.3) is 0 Å². The number of carbonyl (C=O) groups excluding carboxylic acids is 1. The number of imidazole rings is 1. The molecule has 4 aromatic heterocycles. The van der Waals surface area contributed by atoms with Crippen molar-refractivity contribution < 1.29 is 13.9 Å². The summed E-state index contributed by atoms with van der Waals surface area (Å²) in [6.07, 6.45) is 3.67. The minimum absolute atomic E-state index is 0.0925. The molecule has 0 fully saturated rings. The minimum atomic E-state index is -0.386. The van der Waals surface area contributed by atoms with Crippen LogP contribution < -0.4 is 10.1 Å². The largest absolute Gasteiger partial charge is 0.492 e. The second kappa shape index (κ2) is 11.4. The molecule has 0 bridgehead atoms. The van der Waals surface area contributed by atoms with E-state index in [2.05, 4.69) is 25.5 Å². The van der Waals surface area contributed by atoms with Crippen LogP contribution in [0.4, 0.5) is 10.1 Å². The van der Waals surface area contributed by atoms with Gasteiger partial charge in [0, 0.05) is 36.4 Å². The van der Waals surface area contributed by atoms with Crippen LogP contribution in [0, 0.1) is 5.82 Å². The van der Waals surface area contributed by atoms with Crippen LogP contribution >= 0.6 is 0 Å². The number of pyridine rings is 2. The molecule has 0 saturated carbocycles. The first-order chi connectivity index (χ1) is 20.4. The van der Waals surface area contributed by atoms with E-state index in [1.54, 1.807) is 19.3 Å². The maximum absolute atomic E-state index is 14.6. The molecule has 2 aromatic carbocycles. The molecule has 4 heterocycles. The first kappa shape index (κ1) is 27.0. The molecule has 42 heavy (non-hydrogen) atoms. The van der Waals surface area contributed by atoms with E-state index in [0.29, 0.717) is 58.3 Å². The lowest BCUT2D eigenvalue weighted by Crippen LogP contribution is -2.19. The van der Waals surface area contributed by atoms with Crippen molar-refractivity contribution >= 4 is 33.7 Å². The summed E-state index contributed by atoms with van der Waals surface area (Å²) < 4.78 is 20.4. The van der Waals surface area contributed by atoms with Crippen molar-refractivity contribution in [3.05, 3.63) is 72.8 Å². The predicted molar refractivity (Wildman–Crippen MR) is 161 cm³/mol. The number of rotatable bonds is 9. The zero-order valence-electron chi connectivity index (χ0n) is 23.4. The molecule has 11 heteroatoms. The van der Waals surface area contributed by atoms with E-state index in [-0.39, 0.29) is 11.7 Å². The fraction of sp³-hybridized carbons (Fsp3) is 0.194. The maximum atomic E-state index is 14.6. The molecule has 0 atom stereocenters. The predicted octanol–water partition coefficient (Wildman–Crippen LogP) is 5.66. The Morgan fingerprint density at radius 3 is 2.71 bits per heavy atom. The van der Waals surface area contributed by atoms with Crippen LogP contribution in [-0.4, -0.2) is 68.2 Å². The first-order valence-electron chi connectivity index (χ1n) is 13.6. The standard InChI is InChI=1S/C31H29FN8O2/c1-4-27(41)34-21-13-19(16-33-17-21)24-8-9-26-29(35-24)30(39-38-26)31-36-25-7-5-6-23(28(25)37-31)18-12-20(32)15-22(14-18)42-11-10-40(2)3/h5-9,12-17H,4,10-11H2,1-3H3,(H,34,41)(H,36,37)(H,38,39). The average Bonchev–Trinajstić information content (AvgIpc) is 3.60. The number of amides is 1. The lowest BCUT2D eigenvalue weighted by molar-refractivity contribution is -0.115. The van der Waals surface area contributed by atoms with Crippen molar-refractivity contribution in [2.45, 2.75) is 13.3 Å². The average molecular weight is 565 g/mol. The van der Waals surface area contributed by atoms with E-state index in [4.69, 9.17) is 14.7 Å². The minimum Gasteiger partial charge on any atom is -0.492 e. The van der Waals surface area contributed by atoms with Gasteiger partial charge < -0.3 is 19.9 Å². The summed E-state index contributed by atoms with van der Waals surface area (Å²) in [6, 6.07) is 16.0. The lowest BCUT2D eigenvalue weighted by Gasteiger charge is -2.12. The molecule has 0 radical (unpaired) electrons. The molecule has 0 spiro atoms. The lowest BCUT2D eigenvalue weighted by atomic mass is 10.0. The molecule has 212 valence electrons. The summed E-state index contributed by atoms with van der Waals surface area (Å²) in [5, 5.41) is 10.4. The van der Waals surface area contributed by atoms with Gasteiger partial charge in [0.05, 0.1) is 34.1 Å². The summed E-state index contributed by atoms with van der Waals surface area (Å²) in [5.41, 5.74) is 6.80. The number of benzene rings is 2. The Labute approximate surface area is 241 Å². The highest BCUT2D eigenvalue weighted by Crippen LogP contribution is 2.34. The molecule has 0 saturated heterocycles. The van der Waals surface area contributed by atoms with Crippen molar-refractivity contribution in [3.63, 3.8) is 0 Å². The molecule has 0 aliphatic carbocycles. The van der Waals surface area contributed by atoms with Gasteiger partial charge in [-0.3, -0.25) is 14.9 Å². The summed E-state index contributed by atoms with van der Waals surface area (Å²) in [5.74, 6) is 0.504. The zero-order chi connectivity index (χ0) is 29.2. The van der Waals surface area contributed by atoms with E-state index in [9.17, 15) is 9.18 Å². The molecule has 3 N–H and O–H groups in total. The Morgan fingerprint density at radius 1 is 1.00 bits per heavy atom. The van der Waals surface area contributed by atoms with E-state index in [1.807, 2.05) is 61.5 Å². The number of halogens is 1. The number of fused-ring (bicyclic) bond motifs is 2.